The average molecular weight is 605 g/mol. The summed E-state index contributed by atoms with van der Waals surface area (Å²) in [5.74, 6) is -3.08. The number of hydrogen-bond donors (Lipinski definition) is 4. The molecule has 1 aromatic carbocycles. The number of benzene rings is 1. The average Bonchev–Trinajstić information content (AvgIpc) is 3.54. The Labute approximate surface area is 248 Å². The number of para-hydroxylation sites is 1. The lowest BCUT2D eigenvalue weighted by Gasteiger charge is -2.20. The van der Waals surface area contributed by atoms with Crippen LogP contribution in [0, 0.1) is 0 Å². The van der Waals surface area contributed by atoms with Gasteiger partial charge in [0.25, 0.3) is 5.78 Å². The minimum atomic E-state index is -5.17. The number of nitrogens with zero attached hydrogens (tertiary/aromatic N) is 2. The maximum absolute atomic E-state index is 13.2. The first-order chi connectivity index (χ1) is 20.3. The second-order valence-electron chi connectivity index (χ2n) is 9.93. The SMILES string of the molecule is C/C=C\C(=C/C)CC(NC(C)=O)C(=O)NCC(=O)NC(Cc1c[nH]c2ccccc12)C(=O)C(F)(F)F.CC1=NCCN1C. The van der Waals surface area contributed by atoms with Crippen LogP contribution in [0.1, 0.15) is 39.7 Å². The summed E-state index contributed by atoms with van der Waals surface area (Å²) in [5.41, 5.74) is 1.85. The van der Waals surface area contributed by atoms with E-state index in [1.54, 1.807) is 56.3 Å². The van der Waals surface area contributed by atoms with Crippen molar-refractivity contribution in [1.82, 2.24) is 25.8 Å². The predicted molar refractivity (Wildman–Crippen MR) is 159 cm³/mol. The molecule has 0 aliphatic carbocycles. The van der Waals surface area contributed by atoms with Crippen molar-refractivity contribution in [3.8, 4) is 0 Å². The normalized spacial score (nSPS) is 14.9. The van der Waals surface area contributed by atoms with Gasteiger partial charge in [-0.15, -0.1) is 0 Å². The van der Waals surface area contributed by atoms with Gasteiger partial charge >= 0.3 is 6.18 Å². The standard InChI is InChI=1S/C25H29F3N4O4.C5H10N2/c1-4-8-16(5-2)11-21(31-15(3)33)24(36)30-14-22(34)32-20(23(35)25(26,27)28)12-17-13-29-19-10-7-6-9-18(17)19;1-5-6-3-4-7(5)2/h4-10,13,20-21,29H,11-12,14H2,1-3H3,(H,30,36)(H,31,33)(H,32,34);3-4H2,1-2H3/b8-4-,16-5+;. The van der Waals surface area contributed by atoms with Gasteiger partial charge in [-0.1, -0.05) is 42.0 Å². The number of fused-ring (bicyclic) bond motifs is 1. The third-order valence-corrected chi connectivity index (χ3v) is 6.67. The van der Waals surface area contributed by atoms with E-state index in [1.807, 2.05) is 6.92 Å². The summed E-state index contributed by atoms with van der Waals surface area (Å²) < 4.78 is 39.7. The number of H-pyrrole nitrogens is 1. The van der Waals surface area contributed by atoms with Crippen molar-refractivity contribution in [3.05, 3.63) is 59.8 Å². The molecule has 3 rings (SSSR count). The number of aliphatic imine (C=N–C) groups is 1. The molecule has 0 saturated heterocycles. The molecule has 0 spiro atoms. The second kappa shape index (κ2) is 16.3. The summed E-state index contributed by atoms with van der Waals surface area (Å²) in [7, 11) is 2.06. The number of ketones is 1. The number of carbonyl (C=O) groups is 4. The molecule has 10 nitrogen and oxygen atoms in total. The zero-order valence-corrected chi connectivity index (χ0v) is 25.0. The van der Waals surface area contributed by atoms with E-state index in [4.69, 9.17) is 0 Å². The van der Waals surface area contributed by atoms with Crippen LogP contribution in [-0.4, -0.2) is 84.2 Å². The Balaban J connectivity index is 0.000000804. The molecule has 1 aliphatic rings. The topological polar surface area (TPSA) is 136 Å². The maximum atomic E-state index is 13.2. The number of rotatable bonds is 11. The van der Waals surface area contributed by atoms with Gasteiger partial charge in [0.05, 0.1) is 18.9 Å². The first kappa shape index (κ1) is 34.8. The van der Waals surface area contributed by atoms with E-state index in [2.05, 4.69) is 37.9 Å². The first-order valence-electron chi connectivity index (χ1n) is 13.8. The van der Waals surface area contributed by atoms with Crippen LogP contribution >= 0.6 is 0 Å². The van der Waals surface area contributed by atoms with Crippen molar-refractivity contribution >= 4 is 40.2 Å². The fourth-order valence-electron chi connectivity index (χ4n) is 4.29. The van der Waals surface area contributed by atoms with Crippen LogP contribution in [0.4, 0.5) is 13.2 Å². The van der Waals surface area contributed by atoms with Crippen LogP contribution in [0.5, 0.6) is 0 Å². The van der Waals surface area contributed by atoms with Gasteiger partial charge in [-0.05, 0) is 32.4 Å². The minimum absolute atomic E-state index is 0.142. The Kier molecular flexibility index (Phi) is 13.2. The van der Waals surface area contributed by atoms with Crippen molar-refractivity contribution in [1.29, 1.82) is 0 Å². The van der Waals surface area contributed by atoms with E-state index < -0.39 is 54.7 Å². The molecule has 0 fully saturated rings. The zero-order chi connectivity index (χ0) is 32.2. The number of amidine groups is 1. The third kappa shape index (κ3) is 11.1. The number of nitrogens with one attached hydrogen (secondary N) is 4. The van der Waals surface area contributed by atoms with E-state index in [-0.39, 0.29) is 6.42 Å². The molecule has 2 unspecified atom stereocenters. The Morgan fingerprint density at radius 3 is 2.35 bits per heavy atom. The number of halogens is 3. The fraction of sp³-hybridized carbons (Fsp3) is 0.433. The molecule has 4 N–H and O–H groups in total. The van der Waals surface area contributed by atoms with Crippen LogP contribution in [0.15, 0.2) is 59.3 Å². The molecule has 1 aromatic heterocycles. The summed E-state index contributed by atoms with van der Waals surface area (Å²) in [6, 6.07) is 3.98. The van der Waals surface area contributed by atoms with Crippen LogP contribution in [0.3, 0.4) is 0 Å². The fourth-order valence-corrected chi connectivity index (χ4v) is 4.29. The van der Waals surface area contributed by atoms with E-state index in [0.717, 1.165) is 18.7 Å². The monoisotopic (exact) mass is 604 g/mol. The Hall–Kier alpha value is -4.42. The van der Waals surface area contributed by atoms with Gasteiger partial charge in [-0.25, -0.2) is 0 Å². The number of allylic oxidation sites excluding steroid dienone is 3. The first-order valence-corrected chi connectivity index (χ1v) is 13.8. The Morgan fingerprint density at radius 1 is 1.12 bits per heavy atom. The van der Waals surface area contributed by atoms with Gasteiger partial charge in [-0.3, -0.25) is 24.2 Å². The molecule has 43 heavy (non-hydrogen) atoms. The smallest absolute Gasteiger partial charge is 0.362 e. The number of hydrogen-bond acceptors (Lipinski definition) is 6. The van der Waals surface area contributed by atoms with Crippen molar-refractivity contribution in [2.75, 3.05) is 26.7 Å². The van der Waals surface area contributed by atoms with E-state index >= 15 is 0 Å². The summed E-state index contributed by atoms with van der Waals surface area (Å²) in [5, 5.41) is 7.51. The Bertz CT molecular complexity index is 1380. The summed E-state index contributed by atoms with van der Waals surface area (Å²) in [4.78, 5) is 57.9. The lowest BCUT2D eigenvalue weighted by molar-refractivity contribution is -0.173. The van der Waals surface area contributed by atoms with Gasteiger partial charge in [0.2, 0.25) is 17.7 Å². The number of likely N-dealkylation sites (N-methyl/N-ethyl adjacent to an activating group) is 1. The van der Waals surface area contributed by atoms with E-state index in [0.29, 0.717) is 16.5 Å². The molecule has 234 valence electrons. The van der Waals surface area contributed by atoms with Crippen molar-refractivity contribution < 1.29 is 32.3 Å². The van der Waals surface area contributed by atoms with Gasteiger partial charge in [0.1, 0.15) is 12.1 Å². The molecule has 0 bridgehead atoms. The molecule has 3 amide bonds. The van der Waals surface area contributed by atoms with Crippen LogP contribution in [-0.2, 0) is 25.6 Å². The lowest BCUT2D eigenvalue weighted by Crippen LogP contribution is -2.52. The highest BCUT2D eigenvalue weighted by Crippen LogP contribution is 2.23. The number of alkyl halides is 3. The number of aromatic amines is 1. The molecule has 13 heteroatoms. The van der Waals surface area contributed by atoms with E-state index in [9.17, 15) is 32.3 Å². The number of amides is 3. The molecule has 2 atom stereocenters. The molecule has 0 saturated carbocycles. The summed E-state index contributed by atoms with van der Waals surface area (Å²) in [6.45, 7) is 8.23. The molecule has 2 heterocycles. The maximum Gasteiger partial charge on any atom is 0.452 e. The third-order valence-electron chi connectivity index (χ3n) is 6.67. The van der Waals surface area contributed by atoms with E-state index in [1.165, 1.54) is 19.0 Å². The number of Topliss-reactive ketones (excluding diaryl/α,β-unsaturated/α-hetero) is 1. The lowest BCUT2D eigenvalue weighted by atomic mass is 10.0. The van der Waals surface area contributed by atoms with Crippen molar-refractivity contribution in [3.63, 3.8) is 0 Å². The molecule has 2 aromatic rings. The highest BCUT2D eigenvalue weighted by Gasteiger charge is 2.44. The van der Waals surface area contributed by atoms with Crippen LogP contribution < -0.4 is 16.0 Å². The van der Waals surface area contributed by atoms with Gasteiger partial charge in [0.15, 0.2) is 0 Å². The number of carbonyl (C=O) groups excluding carboxylic acids is 4. The minimum Gasteiger partial charge on any atom is -0.362 e. The summed E-state index contributed by atoms with van der Waals surface area (Å²) >= 11 is 0. The molecule has 0 radical (unpaired) electrons. The molecule has 1 aliphatic heterocycles. The van der Waals surface area contributed by atoms with Gasteiger partial charge in [0, 0.05) is 50.5 Å². The quantitative estimate of drug-likeness (QED) is 0.292. The zero-order valence-electron chi connectivity index (χ0n) is 25.0. The highest BCUT2D eigenvalue weighted by atomic mass is 19.4. The van der Waals surface area contributed by atoms with Crippen molar-refractivity contribution in [2.24, 2.45) is 4.99 Å². The summed E-state index contributed by atoms with van der Waals surface area (Å²) in [6.07, 6.45) is 1.33. The molecular weight excluding hydrogens is 565 g/mol. The van der Waals surface area contributed by atoms with Crippen molar-refractivity contribution in [2.45, 2.75) is 58.8 Å². The Morgan fingerprint density at radius 2 is 1.81 bits per heavy atom. The highest BCUT2D eigenvalue weighted by molar-refractivity contribution is 5.95. The predicted octanol–water partition coefficient (Wildman–Crippen LogP) is 3.21. The van der Waals surface area contributed by atoms with Crippen LogP contribution in [0.2, 0.25) is 0 Å². The van der Waals surface area contributed by atoms with Gasteiger partial charge < -0.3 is 25.8 Å². The number of aromatic nitrogens is 1. The van der Waals surface area contributed by atoms with Crippen LogP contribution in [0.25, 0.3) is 10.9 Å². The molecular formula is C30H39F3N6O4. The largest absolute Gasteiger partial charge is 0.452 e. The van der Waals surface area contributed by atoms with Gasteiger partial charge in [-0.2, -0.15) is 13.2 Å². The second-order valence-corrected chi connectivity index (χ2v) is 9.93.